The van der Waals surface area contributed by atoms with E-state index in [0.29, 0.717) is 0 Å². The molecule has 2 heterocycles. The number of aryl methyl sites for hydroxylation is 2. The molecule has 146 valence electrons. The van der Waals surface area contributed by atoms with Crippen LogP contribution in [-0.4, -0.2) is 21.1 Å². The summed E-state index contributed by atoms with van der Waals surface area (Å²) in [5.41, 5.74) is 4.17. The van der Waals surface area contributed by atoms with E-state index in [1.807, 2.05) is 57.2 Å². The Bertz CT molecular complexity index is 1150. The van der Waals surface area contributed by atoms with Crippen LogP contribution in [0.25, 0.3) is 20.7 Å². The number of rotatable bonds is 5. The first-order valence-corrected chi connectivity index (χ1v) is 11.1. The van der Waals surface area contributed by atoms with Gasteiger partial charge in [0.05, 0.1) is 5.25 Å². The molecule has 0 aliphatic rings. The van der Waals surface area contributed by atoms with Gasteiger partial charge in [-0.2, -0.15) is 0 Å². The number of benzene rings is 2. The summed E-state index contributed by atoms with van der Waals surface area (Å²) >= 11 is 3.11. The lowest BCUT2D eigenvalue weighted by atomic mass is 10.1. The Morgan fingerprint density at radius 1 is 1.03 bits per heavy atom. The van der Waals surface area contributed by atoms with Gasteiger partial charge in [-0.25, -0.2) is 9.97 Å². The molecule has 4 nitrogen and oxygen atoms in total. The lowest BCUT2D eigenvalue weighted by Gasteiger charge is -2.15. The quantitative estimate of drug-likeness (QED) is 0.314. The molecule has 1 atom stereocenters. The van der Waals surface area contributed by atoms with Crippen molar-refractivity contribution in [2.24, 2.45) is 0 Å². The Hall–Kier alpha value is -2.70. The standard InChI is InChI=1S/C23H21N3OS2/c1-14-8-7-9-15(2)20(14)26-21(27)16(3)28-22-18-12-19(17-10-5-4-6-11-17)29-23(18)25-13-24-22/h4-13,16H,1-3H3,(H,26,27)/t16-/m0/s1. The van der Waals surface area contributed by atoms with Crippen molar-refractivity contribution in [3.05, 3.63) is 72.1 Å². The Kier molecular flexibility index (Phi) is 5.65. The minimum atomic E-state index is -0.285. The average molecular weight is 420 g/mol. The van der Waals surface area contributed by atoms with Crippen molar-refractivity contribution < 1.29 is 4.79 Å². The van der Waals surface area contributed by atoms with Gasteiger partial charge in [-0.1, -0.05) is 60.3 Å². The molecule has 0 unspecified atom stereocenters. The van der Waals surface area contributed by atoms with E-state index in [0.717, 1.165) is 42.5 Å². The maximum absolute atomic E-state index is 12.8. The van der Waals surface area contributed by atoms with Crippen LogP contribution in [0.4, 0.5) is 5.69 Å². The first kappa shape index (κ1) is 19.6. The molecular formula is C23H21N3OS2. The second-order valence-corrected chi connectivity index (χ2v) is 9.25. The maximum atomic E-state index is 12.8. The third-order valence-electron chi connectivity index (χ3n) is 4.74. The van der Waals surface area contributed by atoms with Gasteiger partial charge in [0.25, 0.3) is 0 Å². The number of aromatic nitrogens is 2. The smallest absolute Gasteiger partial charge is 0.237 e. The molecular weight excluding hydrogens is 398 g/mol. The molecule has 6 heteroatoms. The molecule has 2 aromatic carbocycles. The highest BCUT2D eigenvalue weighted by Crippen LogP contribution is 2.37. The van der Waals surface area contributed by atoms with Gasteiger partial charge in [0.15, 0.2) is 0 Å². The first-order valence-electron chi connectivity index (χ1n) is 9.36. The van der Waals surface area contributed by atoms with Crippen LogP contribution in [0.5, 0.6) is 0 Å². The normalized spacial score (nSPS) is 12.1. The fraction of sp³-hybridized carbons (Fsp3) is 0.174. The fourth-order valence-corrected chi connectivity index (χ4v) is 5.09. The summed E-state index contributed by atoms with van der Waals surface area (Å²) < 4.78 is 0. The number of thioether (sulfide) groups is 1. The number of hydrogen-bond donors (Lipinski definition) is 1. The van der Waals surface area contributed by atoms with Crippen LogP contribution in [0.1, 0.15) is 18.1 Å². The Balaban J connectivity index is 1.57. The van der Waals surface area contributed by atoms with Crippen LogP contribution < -0.4 is 5.32 Å². The van der Waals surface area contributed by atoms with Crippen molar-refractivity contribution in [3.63, 3.8) is 0 Å². The van der Waals surface area contributed by atoms with Crippen molar-refractivity contribution in [2.45, 2.75) is 31.0 Å². The van der Waals surface area contributed by atoms with Crippen molar-refractivity contribution in [1.82, 2.24) is 9.97 Å². The fourth-order valence-electron chi connectivity index (χ4n) is 3.13. The minimum absolute atomic E-state index is 0.0299. The predicted octanol–water partition coefficient (Wildman–Crippen LogP) is 6.09. The van der Waals surface area contributed by atoms with Crippen molar-refractivity contribution in [3.8, 4) is 10.4 Å². The van der Waals surface area contributed by atoms with Gasteiger partial charge in [-0.15, -0.1) is 11.3 Å². The second-order valence-electron chi connectivity index (χ2n) is 6.89. The van der Waals surface area contributed by atoms with E-state index in [-0.39, 0.29) is 11.2 Å². The van der Waals surface area contributed by atoms with Gasteiger partial charge in [0, 0.05) is 16.0 Å². The Morgan fingerprint density at radius 3 is 2.48 bits per heavy atom. The number of hydrogen-bond acceptors (Lipinski definition) is 5. The molecule has 4 rings (SSSR count). The highest BCUT2D eigenvalue weighted by molar-refractivity contribution is 8.00. The summed E-state index contributed by atoms with van der Waals surface area (Å²) in [5, 5.41) is 4.62. The number of amides is 1. The lowest BCUT2D eigenvalue weighted by molar-refractivity contribution is -0.115. The molecule has 0 radical (unpaired) electrons. The Labute approximate surface area is 178 Å². The van der Waals surface area contributed by atoms with Crippen molar-refractivity contribution in [2.75, 3.05) is 5.32 Å². The molecule has 0 saturated heterocycles. The lowest BCUT2D eigenvalue weighted by Crippen LogP contribution is -2.23. The number of carbonyl (C=O) groups is 1. The summed E-state index contributed by atoms with van der Waals surface area (Å²) in [6.45, 7) is 5.92. The zero-order valence-corrected chi connectivity index (χ0v) is 18.1. The third-order valence-corrected chi connectivity index (χ3v) is 6.95. The van der Waals surface area contributed by atoms with Gasteiger partial charge < -0.3 is 5.32 Å². The van der Waals surface area contributed by atoms with Crippen LogP contribution in [0, 0.1) is 13.8 Å². The van der Waals surface area contributed by atoms with E-state index in [1.54, 1.807) is 17.7 Å². The predicted molar refractivity (Wildman–Crippen MR) is 123 cm³/mol. The summed E-state index contributed by atoms with van der Waals surface area (Å²) in [5.74, 6) is -0.0299. The number of thiophene rings is 1. The van der Waals surface area contributed by atoms with Gasteiger partial charge in [0.1, 0.15) is 16.2 Å². The van der Waals surface area contributed by atoms with E-state index in [1.165, 1.54) is 11.8 Å². The van der Waals surface area contributed by atoms with E-state index in [2.05, 4.69) is 33.5 Å². The molecule has 29 heavy (non-hydrogen) atoms. The first-order chi connectivity index (χ1) is 14.0. The summed E-state index contributed by atoms with van der Waals surface area (Å²) in [4.78, 5) is 23.8. The van der Waals surface area contributed by atoms with Gasteiger partial charge in [-0.3, -0.25) is 4.79 Å². The number of carbonyl (C=O) groups excluding carboxylic acids is 1. The maximum Gasteiger partial charge on any atom is 0.237 e. The van der Waals surface area contributed by atoms with Crippen LogP contribution in [0.2, 0.25) is 0 Å². The minimum Gasteiger partial charge on any atom is -0.325 e. The van der Waals surface area contributed by atoms with Gasteiger partial charge >= 0.3 is 0 Å². The highest BCUT2D eigenvalue weighted by atomic mass is 32.2. The van der Waals surface area contributed by atoms with E-state index in [9.17, 15) is 4.79 Å². The molecule has 2 aromatic heterocycles. The largest absolute Gasteiger partial charge is 0.325 e. The topological polar surface area (TPSA) is 54.9 Å². The second kappa shape index (κ2) is 8.35. The number of anilines is 1. The van der Waals surface area contributed by atoms with E-state index >= 15 is 0 Å². The van der Waals surface area contributed by atoms with Crippen molar-refractivity contribution in [1.29, 1.82) is 0 Å². The molecule has 0 bridgehead atoms. The molecule has 1 amide bonds. The van der Waals surface area contributed by atoms with Crippen molar-refractivity contribution >= 4 is 44.9 Å². The zero-order chi connectivity index (χ0) is 20.4. The SMILES string of the molecule is Cc1cccc(C)c1NC(=O)[C@H](C)Sc1ncnc2sc(-c3ccccc3)cc12. The zero-order valence-electron chi connectivity index (χ0n) is 16.5. The summed E-state index contributed by atoms with van der Waals surface area (Å²) in [6, 6.07) is 18.4. The van der Waals surface area contributed by atoms with E-state index < -0.39 is 0 Å². The monoisotopic (exact) mass is 419 g/mol. The van der Waals surface area contributed by atoms with Crippen LogP contribution in [0.15, 0.2) is 66.0 Å². The molecule has 0 fully saturated rings. The molecule has 0 aliphatic heterocycles. The molecule has 1 N–H and O–H groups in total. The average Bonchev–Trinajstić information content (AvgIpc) is 3.17. The van der Waals surface area contributed by atoms with E-state index in [4.69, 9.17) is 0 Å². The van der Waals surface area contributed by atoms with Gasteiger partial charge in [0.2, 0.25) is 5.91 Å². The molecule has 0 spiro atoms. The van der Waals surface area contributed by atoms with Crippen LogP contribution >= 0.6 is 23.1 Å². The number of nitrogens with zero attached hydrogens (tertiary/aromatic N) is 2. The third kappa shape index (κ3) is 4.18. The van der Waals surface area contributed by atoms with Crippen LogP contribution in [-0.2, 0) is 4.79 Å². The number of nitrogens with one attached hydrogen (secondary N) is 1. The molecule has 0 aliphatic carbocycles. The Morgan fingerprint density at radius 2 is 1.76 bits per heavy atom. The molecule has 4 aromatic rings. The number of para-hydroxylation sites is 1. The number of fused-ring (bicyclic) bond motifs is 1. The highest BCUT2D eigenvalue weighted by Gasteiger charge is 2.19. The summed E-state index contributed by atoms with van der Waals surface area (Å²) in [6.07, 6.45) is 1.58. The molecule has 0 saturated carbocycles. The van der Waals surface area contributed by atoms with Gasteiger partial charge in [-0.05, 0) is 43.5 Å². The summed E-state index contributed by atoms with van der Waals surface area (Å²) in [7, 11) is 0. The van der Waals surface area contributed by atoms with Crippen LogP contribution in [0.3, 0.4) is 0 Å².